The van der Waals surface area contributed by atoms with Crippen LogP contribution in [0.5, 0.6) is 0 Å². The zero-order valence-electron chi connectivity index (χ0n) is 8.99. The number of ketones is 1. The number of carbonyl (C=O) groups is 2. The maximum absolute atomic E-state index is 11.1. The van der Waals surface area contributed by atoms with Gasteiger partial charge < -0.3 is 9.62 Å². The smallest absolute Gasteiger partial charge is 0.313 e. The molecule has 86 valence electrons. The fraction of sp³-hybridized carbons (Fsp3) is 0.600. The van der Waals surface area contributed by atoms with Gasteiger partial charge >= 0.3 is 5.97 Å². The van der Waals surface area contributed by atoms with E-state index >= 15 is 0 Å². The zero-order chi connectivity index (χ0) is 11.8. The lowest BCUT2D eigenvalue weighted by molar-refractivity contribution is -0.206. The van der Waals surface area contributed by atoms with Crippen molar-refractivity contribution in [3.63, 3.8) is 0 Å². The van der Waals surface area contributed by atoms with Crippen molar-refractivity contribution in [1.29, 1.82) is 0 Å². The first kappa shape index (κ1) is 13.6. The van der Waals surface area contributed by atoms with Crippen molar-refractivity contribution in [2.75, 3.05) is 6.61 Å². The van der Waals surface area contributed by atoms with Crippen molar-refractivity contribution >= 4 is 11.8 Å². The summed E-state index contributed by atoms with van der Waals surface area (Å²) in [6, 6.07) is 0. The summed E-state index contributed by atoms with van der Waals surface area (Å²) in [5.41, 5.74) is 0. The highest BCUT2D eigenvalue weighted by molar-refractivity contribution is 5.80. The summed E-state index contributed by atoms with van der Waals surface area (Å²) < 4.78 is 4.79. The van der Waals surface area contributed by atoms with Crippen molar-refractivity contribution < 1.29 is 24.5 Å². The molecular weight excluding hydrogens is 200 g/mol. The van der Waals surface area contributed by atoms with Crippen LogP contribution in [0.2, 0.25) is 0 Å². The molecule has 1 N–H and O–H groups in total. The molecule has 0 aromatic heterocycles. The van der Waals surface area contributed by atoms with Crippen LogP contribution in [-0.2, 0) is 19.2 Å². The molecule has 0 rings (SSSR count). The Bertz CT molecular complexity index is 246. The lowest BCUT2D eigenvalue weighted by Gasteiger charge is -2.09. The number of hydrogen-bond acceptors (Lipinski definition) is 5. The Hall–Kier alpha value is -1.36. The van der Waals surface area contributed by atoms with Gasteiger partial charge in [-0.1, -0.05) is 20.4 Å². The standard InChI is InChI=1S/C10H16O5/c1-4-9(11)7(2)6-14-10(12)5-8(3)15-13/h7,13H,3-6H2,1-2H3. The van der Waals surface area contributed by atoms with Gasteiger partial charge in [0, 0.05) is 12.3 Å². The van der Waals surface area contributed by atoms with Gasteiger partial charge in [-0.05, 0) is 0 Å². The fourth-order valence-electron chi connectivity index (χ4n) is 0.904. The molecule has 0 aliphatic carbocycles. The molecule has 15 heavy (non-hydrogen) atoms. The average Bonchev–Trinajstić information content (AvgIpc) is 2.24. The van der Waals surface area contributed by atoms with Gasteiger partial charge in [-0.3, -0.25) is 9.59 Å². The third kappa shape index (κ3) is 5.85. The Labute approximate surface area is 88.6 Å². The summed E-state index contributed by atoms with van der Waals surface area (Å²) in [5, 5.41) is 8.13. The Morgan fingerprint density at radius 3 is 2.53 bits per heavy atom. The maximum atomic E-state index is 11.1. The molecule has 5 nitrogen and oxygen atoms in total. The average molecular weight is 216 g/mol. The van der Waals surface area contributed by atoms with Gasteiger partial charge in [0.15, 0.2) is 0 Å². The van der Waals surface area contributed by atoms with Crippen LogP contribution in [0.1, 0.15) is 26.7 Å². The van der Waals surface area contributed by atoms with Crippen LogP contribution in [0.25, 0.3) is 0 Å². The molecule has 5 heteroatoms. The SMILES string of the molecule is C=C(CC(=O)OCC(C)C(=O)CC)OO. The van der Waals surface area contributed by atoms with E-state index in [1.807, 2.05) is 0 Å². The van der Waals surface area contributed by atoms with Gasteiger partial charge in [-0.25, -0.2) is 5.26 Å². The van der Waals surface area contributed by atoms with Crippen molar-refractivity contribution in [2.45, 2.75) is 26.7 Å². The quantitative estimate of drug-likeness (QED) is 0.302. The summed E-state index contributed by atoms with van der Waals surface area (Å²) in [4.78, 5) is 25.9. The summed E-state index contributed by atoms with van der Waals surface area (Å²) in [6.45, 7) is 6.74. The second-order valence-corrected chi connectivity index (χ2v) is 3.21. The number of esters is 1. The molecule has 0 aliphatic heterocycles. The topological polar surface area (TPSA) is 72.8 Å². The summed E-state index contributed by atoms with van der Waals surface area (Å²) in [6.07, 6.45) is 0.203. The molecule has 1 unspecified atom stereocenters. The van der Waals surface area contributed by atoms with E-state index in [1.54, 1.807) is 13.8 Å². The molecule has 1 atom stereocenters. The van der Waals surface area contributed by atoms with Crippen LogP contribution in [-0.4, -0.2) is 23.6 Å². The molecule has 0 amide bonds. The van der Waals surface area contributed by atoms with Gasteiger partial charge in [0.1, 0.15) is 24.6 Å². The van der Waals surface area contributed by atoms with Gasteiger partial charge in [-0.2, -0.15) is 0 Å². The van der Waals surface area contributed by atoms with Crippen molar-refractivity contribution in [3.8, 4) is 0 Å². The van der Waals surface area contributed by atoms with E-state index in [0.29, 0.717) is 6.42 Å². The van der Waals surface area contributed by atoms with Crippen LogP contribution in [0.3, 0.4) is 0 Å². The van der Waals surface area contributed by atoms with Crippen molar-refractivity contribution in [3.05, 3.63) is 12.3 Å². The van der Waals surface area contributed by atoms with Crippen molar-refractivity contribution in [2.24, 2.45) is 5.92 Å². The molecule has 0 aromatic carbocycles. The van der Waals surface area contributed by atoms with E-state index in [2.05, 4.69) is 11.5 Å². The van der Waals surface area contributed by atoms with Crippen LogP contribution < -0.4 is 0 Å². The third-order valence-electron chi connectivity index (χ3n) is 1.86. The molecule has 0 saturated heterocycles. The predicted octanol–water partition coefficient (Wildman–Crippen LogP) is 1.54. The van der Waals surface area contributed by atoms with Gasteiger partial charge in [0.25, 0.3) is 0 Å². The highest BCUT2D eigenvalue weighted by Crippen LogP contribution is 2.04. The predicted molar refractivity (Wildman–Crippen MR) is 52.9 cm³/mol. The molecule has 0 aliphatic rings. The molecule has 0 spiro atoms. The van der Waals surface area contributed by atoms with Gasteiger partial charge in [-0.15, -0.1) is 0 Å². The minimum Gasteiger partial charge on any atom is -0.465 e. The Kier molecular flexibility index (Phi) is 6.37. The minimum absolute atomic E-state index is 0.0417. The summed E-state index contributed by atoms with van der Waals surface area (Å²) in [7, 11) is 0. The molecular formula is C10H16O5. The lowest BCUT2D eigenvalue weighted by Crippen LogP contribution is -2.19. The number of ether oxygens (including phenoxy) is 1. The number of carbonyl (C=O) groups excluding carboxylic acids is 2. The van der Waals surface area contributed by atoms with Crippen LogP contribution in [0.4, 0.5) is 0 Å². The minimum atomic E-state index is -0.579. The highest BCUT2D eigenvalue weighted by atomic mass is 17.1. The zero-order valence-corrected chi connectivity index (χ0v) is 8.99. The van der Waals surface area contributed by atoms with E-state index in [1.165, 1.54) is 0 Å². The number of hydrogen-bond donors (Lipinski definition) is 1. The van der Waals surface area contributed by atoms with E-state index in [4.69, 9.17) is 9.99 Å². The first-order valence-corrected chi connectivity index (χ1v) is 4.68. The van der Waals surface area contributed by atoms with Crippen molar-refractivity contribution in [1.82, 2.24) is 0 Å². The summed E-state index contributed by atoms with van der Waals surface area (Å²) >= 11 is 0. The molecule has 0 aromatic rings. The van der Waals surface area contributed by atoms with Crippen LogP contribution in [0.15, 0.2) is 12.3 Å². The monoisotopic (exact) mass is 216 g/mol. The van der Waals surface area contributed by atoms with E-state index in [-0.39, 0.29) is 30.5 Å². The maximum Gasteiger partial charge on any atom is 0.313 e. The second kappa shape index (κ2) is 7.00. The Morgan fingerprint density at radius 2 is 2.07 bits per heavy atom. The molecule has 0 heterocycles. The largest absolute Gasteiger partial charge is 0.465 e. The highest BCUT2D eigenvalue weighted by Gasteiger charge is 2.14. The first-order chi connectivity index (χ1) is 7.01. The van der Waals surface area contributed by atoms with E-state index in [0.717, 1.165) is 0 Å². The lowest BCUT2D eigenvalue weighted by atomic mass is 10.1. The van der Waals surface area contributed by atoms with Crippen LogP contribution in [0, 0.1) is 5.92 Å². The van der Waals surface area contributed by atoms with Gasteiger partial charge in [0.2, 0.25) is 0 Å². The number of rotatable bonds is 7. The van der Waals surface area contributed by atoms with E-state index in [9.17, 15) is 9.59 Å². The Balaban J connectivity index is 3.80. The first-order valence-electron chi connectivity index (χ1n) is 4.68. The molecule has 0 bridgehead atoms. The van der Waals surface area contributed by atoms with Crippen LogP contribution >= 0.6 is 0 Å². The Morgan fingerprint density at radius 1 is 1.47 bits per heavy atom. The number of Topliss-reactive ketones (excluding diaryl/α,β-unsaturated/α-hetero) is 1. The molecule has 0 fully saturated rings. The normalized spacial score (nSPS) is 11.7. The summed E-state index contributed by atoms with van der Waals surface area (Å²) in [5.74, 6) is -0.929. The fourth-order valence-corrected chi connectivity index (χ4v) is 0.904. The second-order valence-electron chi connectivity index (χ2n) is 3.21. The molecule has 0 saturated carbocycles. The third-order valence-corrected chi connectivity index (χ3v) is 1.86. The molecule has 0 radical (unpaired) electrons. The van der Waals surface area contributed by atoms with Gasteiger partial charge in [0.05, 0.1) is 0 Å². The van der Waals surface area contributed by atoms with E-state index < -0.39 is 5.97 Å².